The Morgan fingerprint density at radius 2 is 2.25 bits per heavy atom. The van der Waals surface area contributed by atoms with Gasteiger partial charge >= 0.3 is 5.69 Å². The second kappa shape index (κ2) is 5.60. The van der Waals surface area contributed by atoms with Gasteiger partial charge < -0.3 is 20.7 Å². The van der Waals surface area contributed by atoms with Crippen LogP contribution in [0.2, 0.25) is 0 Å². The van der Waals surface area contributed by atoms with E-state index in [-0.39, 0.29) is 5.56 Å². The molecule has 8 heteroatoms. The molecule has 1 aromatic heterocycles. The highest BCUT2D eigenvalue weighted by molar-refractivity contribution is 5.29. The van der Waals surface area contributed by atoms with Gasteiger partial charge in [-0.3, -0.25) is 14.3 Å². The van der Waals surface area contributed by atoms with E-state index in [0.29, 0.717) is 0 Å². The molecule has 2 rings (SSSR count). The number of aromatic nitrogens is 2. The van der Waals surface area contributed by atoms with Gasteiger partial charge in [-0.25, -0.2) is 4.79 Å². The highest BCUT2D eigenvalue weighted by atomic mass is 16.5. The Hall–Kier alpha value is -1.92. The van der Waals surface area contributed by atoms with Gasteiger partial charge in [-0.2, -0.15) is 0 Å². The normalized spacial score (nSPS) is 29.0. The fourth-order valence-electron chi connectivity index (χ4n) is 2.07. The lowest BCUT2D eigenvalue weighted by atomic mass is 10.1. The lowest BCUT2D eigenvalue weighted by Crippen LogP contribution is -2.43. The molecule has 5 N–H and O–H groups in total. The number of H-pyrrole nitrogens is 1. The summed E-state index contributed by atoms with van der Waals surface area (Å²) in [7, 11) is 0. The Morgan fingerprint density at radius 1 is 1.55 bits per heavy atom. The van der Waals surface area contributed by atoms with Crippen molar-refractivity contribution in [3.05, 3.63) is 32.6 Å². The number of aliphatic hydroxyl groups is 2. The van der Waals surface area contributed by atoms with Crippen molar-refractivity contribution in [2.75, 3.05) is 6.61 Å². The van der Waals surface area contributed by atoms with E-state index < -0.39 is 42.3 Å². The molecule has 4 atom stereocenters. The summed E-state index contributed by atoms with van der Waals surface area (Å²) in [5.74, 6) is 5.11. The van der Waals surface area contributed by atoms with Crippen molar-refractivity contribution in [3.8, 4) is 11.8 Å². The molecule has 2 heterocycles. The molecular formula is C12H15N3O5. The summed E-state index contributed by atoms with van der Waals surface area (Å²) < 4.78 is 6.40. The van der Waals surface area contributed by atoms with Crippen LogP contribution < -0.4 is 17.0 Å². The van der Waals surface area contributed by atoms with Crippen molar-refractivity contribution < 1.29 is 14.9 Å². The average Bonchev–Trinajstić information content (AvgIpc) is 2.70. The lowest BCUT2D eigenvalue weighted by molar-refractivity contribution is -0.0465. The van der Waals surface area contributed by atoms with E-state index in [4.69, 9.17) is 15.6 Å². The minimum atomic E-state index is -1.11. The molecule has 1 aliphatic rings. The zero-order valence-electron chi connectivity index (χ0n) is 10.7. The summed E-state index contributed by atoms with van der Waals surface area (Å²) >= 11 is 0. The third-order valence-electron chi connectivity index (χ3n) is 3.10. The number of nitrogens with two attached hydrogens (primary N) is 1. The standard InChI is InChI=1S/C12H15N3O5/c1-2-3-6-4-15(12(19)14-10(6)18)11-8(13)9(17)7(5-16)20-11/h4,7-9,11,16-17H,5,13H2,1H3,(H,14,18,19)/t7-,8-,9-,11-/m1/s1. The summed E-state index contributed by atoms with van der Waals surface area (Å²) in [6, 6.07) is -0.904. The Balaban J connectivity index is 2.47. The fourth-order valence-corrected chi connectivity index (χ4v) is 2.07. The molecule has 0 spiro atoms. The second-order valence-corrected chi connectivity index (χ2v) is 4.40. The van der Waals surface area contributed by atoms with Crippen molar-refractivity contribution in [2.24, 2.45) is 5.73 Å². The van der Waals surface area contributed by atoms with Gasteiger partial charge in [0.25, 0.3) is 5.56 Å². The molecule has 1 fully saturated rings. The summed E-state index contributed by atoms with van der Waals surface area (Å²) in [4.78, 5) is 25.4. The maximum atomic E-state index is 11.8. The number of nitrogens with zero attached hydrogens (tertiary/aromatic N) is 1. The predicted molar refractivity (Wildman–Crippen MR) is 68.9 cm³/mol. The van der Waals surface area contributed by atoms with Crippen molar-refractivity contribution >= 4 is 0 Å². The van der Waals surface area contributed by atoms with E-state index in [2.05, 4.69) is 16.8 Å². The van der Waals surface area contributed by atoms with Crippen molar-refractivity contribution in [3.63, 3.8) is 0 Å². The summed E-state index contributed by atoms with van der Waals surface area (Å²) in [5, 5.41) is 18.8. The molecule has 20 heavy (non-hydrogen) atoms. The number of nitrogens with one attached hydrogen (secondary N) is 1. The van der Waals surface area contributed by atoms with Crippen LogP contribution in [0.5, 0.6) is 0 Å². The monoisotopic (exact) mass is 281 g/mol. The van der Waals surface area contributed by atoms with Crippen molar-refractivity contribution in [1.29, 1.82) is 0 Å². The SMILES string of the molecule is CC#Cc1cn([C@@H]2O[C@H](CO)[C@@H](O)[C@H]2N)c(=O)[nH]c1=O. The molecule has 0 bridgehead atoms. The molecule has 0 unspecified atom stereocenters. The Morgan fingerprint density at radius 3 is 2.80 bits per heavy atom. The van der Waals surface area contributed by atoms with E-state index in [1.807, 2.05) is 0 Å². The van der Waals surface area contributed by atoms with Gasteiger partial charge in [0.15, 0.2) is 6.23 Å². The van der Waals surface area contributed by atoms with E-state index >= 15 is 0 Å². The number of rotatable bonds is 2. The molecule has 0 radical (unpaired) electrons. The average molecular weight is 281 g/mol. The van der Waals surface area contributed by atoms with Crippen molar-refractivity contribution in [2.45, 2.75) is 31.4 Å². The third-order valence-corrected chi connectivity index (χ3v) is 3.10. The summed E-state index contributed by atoms with van der Waals surface area (Å²) in [5.41, 5.74) is 4.54. The molecule has 0 aromatic carbocycles. The molecule has 0 aliphatic carbocycles. The van der Waals surface area contributed by atoms with Crippen LogP contribution in [0.1, 0.15) is 18.7 Å². The first-order valence-electron chi connectivity index (χ1n) is 5.97. The third kappa shape index (κ3) is 2.39. The molecule has 1 aromatic rings. The van der Waals surface area contributed by atoms with Gasteiger partial charge in [0.05, 0.1) is 12.6 Å². The van der Waals surface area contributed by atoms with Crippen molar-refractivity contribution in [1.82, 2.24) is 9.55 Å². The number of hydrogen-bond acceptors (Lipinski definition) is 6. The minimum Gasteiger partial charge on any atom is -0.394 e. The number of aromatic amines is 1. The maximum Gasteiger partial charge on any atom is 0.330 e. The zero-order chi connectivity index (χ0) is 14.9. The molecular weight excluding hydrogens is 266 g/mol. The lowest BCUT2D eigenvalue weighted by Gasteiger charge is -2.18. The molecule has 0 amide bonds. The molecule has 0 saturated carbocycles. The summed E-state index contributed by atoms with van der Waals surface area (Å²) in [6.07, 6.45) is -1.74. The van der Waals surface area contributed by atoms with Gasteiger partial charge in [-0.05, 0) is 6.92 Å². The van der Waals surface area contributed by atoms with Gasteiger partial charge in [0.1, 0.15) is 17.8 Å². The van der Waals surface area contributed by atoms with Gasteiger partial charge in [-0.1, -0.05) is 5.92 Å². The first kappa shape index (κ1) is 14.5. The number of aliphatic hydroxyl groups excluding tert-OH is 2. The molecule has 8 nitrogen and oxygen atoms in total. The van der Waals surface area contributed by atoms with Gasteiger partial charge in [0.2, 0.25) is 0 Å². The van der Waals surface area contributed by atoms with Crippen LogP contribution in [-0.2, 0) is 4.74 Å². The first-order valence-corrected chi connectivity index (χ1v) is 5.97. The topological polar surface area (TPSA) is 131 Å². The molecule has 1 aliphatic heterocycles. The van der Waals surface area contributed by atoms with E-state index in [1.54, 1.807) is 6.92 Å². The Bertz CT molecular complexity index is 668. The fraction of sp³-hybridized carbons (Fsp3) is 0.500. The highest BCUT2D eigenvalue weighted by Gasteiger charge is 2.42. The van der Waals surface area contributed by atoms with Gasteiger partial charge in [-0.15, -0.1) is 5.92 Å². The largest absolute Gasteiger partial charge is 0.394 e. The molecule has 1 saturated heterocycles. The number of hydrogen-bond donors (Lipinski definition) is 4. The Labute approximate surface area is 113 Å². The summed E-state index contributed by atoms with van der Waals surface area (Å²) in [6.45, 7) is 1.13. The van der Waals surface area contributed by atoms with E-state index in [1.165, 1.54) is 6.20 Å². The minimum absolute atomic E-state index is 0.0878. The van der Waals surface area contributed by atoms with Crippen LogP contribution in [0.15, 0.2) is 15.8 Å². The smallest absolute Gasteiger partial charge is 0.330 e. The zero-order valence-corrected chi connectivity index (χ0v) is 10.7. The van der Waals surface area contributed by atoms with Crippen LogP contribution >= 0.6 is 0 Å². The van der Waals surface area contributed by atoms with Crippen LogP contribution in [-0.4, -0.2) is 44.6 Å². The van der Waals surface area contributed by atoms with Crippen LogP contribution in [0, 0.1) is 11.8 Å². The van der Waals surface area contributed by atoms with Crippen LogP contribution in [0.4, 0.5) is 0 Å². The first-order chi connectivity index (χ1) is 9.49. The second-order valence-electron chi connectivity index (χ2n) is 4.40. The predicted octanol–water partition coefficient (Wildman–Crippen LogP) is -2.51. The quantitative estimate of drug-likeness (QED) is 0.443. The van der Waals surface area contributed by atoms with E-state index in [9.17, 15) is 14.7 Å². The maximum absolute atomic E-state index is 11.8. The highest BCUT2D eigenvalue weighted by Crippen LogP contribution is 2.26. The number of ether oxygens (including phenoxy) is 1. The molecule has 108 valence electrons. The van der Waals surface area contributed by atoms with Crippen LogP contribution in [0.25, 0.3) is 0 Å². The van der Waals surface area contributed by atoms with E-state index in [0.717, 1.165) is 4.57 Å². The van der Waals surface area contributed by atoms with Crippen LogP contribution in [0.3, 0.4) is 0 Å². The van der Waals surface area contributed by atoms with Gasteiger partial charge in [0, 0.05) is 6.20 Å². The Kier molecular flexibility index (Phi) is 4.06.